The van der Waals surface area contributed by atoms with Gasteiger partial charge in [0.1, 0.15) is 5.75 Å². The van der Waals surface area contributed by atoms with E-state index in [2.05, 4.69) is 0 Å². The largest absolute Gasteiger partial charge is 0.491 e. The maximum Gasteiger partial charge on any atom is 0.223 e. The number of hydrogen-bond donors (Lipinski definition) is 2. The number of carbonyl (C=O) groups excluding carboxylic acids is 1. The average molecular weight is 208 g/mol. The number of nitrogens with two attached hydrogens (primary N) is 2. The van der Waals surface area contributed by atoms with Crippen molar-refractivity contribution < 1.29 is 9.53 Å². The maximum absolute atomic E-state index is 10.8. The molecule has 1 aromatic carbocycles. The van der Waals surface area contributed by atoms with Crippen LogP contribution in [0.4, 0.5) is 5.69 Å². The molecule has 0 spiro atoms. The lowest BCUT2D eigenvalue weighted by Gasteiger charge is -2.12. The quantitative estimate of drug-likeness (QED) is 0.727. The maximum atomic E-state index is 10.8. The monoisotopic (exact) mass is 208 g/mol. The second-order valence-electron chi connectivity index (χ2n) is 3.66. The second kappa shape index (κ2) is 4.68. The van der Waals surface area contributed by atoms with Gasteiger partial charge in [-0.2, -0.15) is 0 Å². The van der Waals surface area contributed by atoms with Gasteiger partial charge in [-0.25, -0.2) is 0 Å². The fourth-order valence-corrected chi connectivity index (χ4v) is 1.10. The molecule has 0 saturated carbocycles. The van der Waals surface area contributed by atoms with Gasteiger partial charge in [0.15, 0.2) is 0 Å². The molecule has 4 N–H and O–H groups in total. The number of benzene rings is 1. The molecule has 0 aliphatic carbocycles. The van der Waals surface area contributed by atoms with Crippen LogP contribution in [0.15, 0.2) is 18.2 Å². The minimum absolute atomic E-state index is 0.253. The van der Waals surface area contributed by atoms with Crippen LogP contribution in [0.25, 0.3) is 0 Å². The molecule has 4 heteroatoms. The van der Waals surface area contributed by atoms with E-state index in [0.717, 1.165) is 5.56 Å². The summed E-state index contributed by atoms with van der Waals surface area (Å²) in [5, 5.41) is 0. The molecule has 1 atom stereocenters. The molecule has 0 aliphatic heterocycles. The number of nitrogen functional groups attached to an aromatic ring is 1. The number of primary amides is 1. The lowest BCUT2D eigenvalue weighted by Crippen LogP contribution is -2.25. The molecule has 1 amide bonds. The van der Waals surface area contributed by atoms with Crippen LogP contribution in [0.3, 0.4) is 0 Å². The molecule has 1 rings (SSSR count). The normalized spacial score (nSPS) is 12.1. The van der Waals surface area contributed by atoms with Gasteiger partial charge in [-0.15, -0.1) is 0 Å². The first-order valence-electron chi connectivity index (χ1n) is 4.79. The average Bonchev–Trinajstić information content (AvgIpc) is 2.15. The topological polar surface area (TPSA) is 78.3 Å². The summed E-state index contributed by atoms with van der Waals surface area (Å²) in [6.07, 6.45) is 0. The van der Waals surface area contributed by atoms with Crippen molar-refractivity contribution >= 4 is 11.6 Å². The van der Waals surface area contributed by atoms with Gasteiger partial charge < -0.3 is 16.2 Å². The predicted molar refractivity (Wildman–Crippen MR) is 59.4 cm³/mol. The third-order valence-corrected chi connectivity index (χ3v) is 2.14. The van der Waals surface area contributed by atoms with Crippen LogP contribution in [0, 0.1) is 12.8 Å². The highest BCUT2D eigenvalue weighted by Crippen LogP contribution is 2.22. The second-order valence-corrected chi connectivity index (χ2v) is 3.66. The van der Waals surface area contributed by atoms with Gasteiger partial charge >= 0.3 is 0 Å². The third kappa shape index (κ3) is 3.16. The first-order valence-corrected chi connectivity index (χ1v) is 4.79. The van der Waals surface area contributed by atoms with E-state index in [1.54, 1.807) is 13.0 Å². The third-order valence-electron chi connectivity index (χ3n) is 2.14. The van der Waals surface area contributed by atoms with E-state index >= 15 is 0 Å². The number of rotatable bonds is 4. The Labute approximate surface area is 89.2 Å². The van der Waals surface area contributed by atoms with Crippen molar-refractivity contribution in [2.24, 2.45) is 11.7 Å². The van der Waals surface area contributed by atoms with Gasteiger partial charge in [0.05, 0.1) is 18.2 Å². The lowest BCUT2D eigenvalue weighted by molar-refractivity contribution is -0.122. The summed E-state index contributed by atoms with van der Waals surface area (Å²) < 4.78 is 5.39. The highest BCUT2D eigenvalue weighted by molar-refractivity contribution is 5.76. The summed E-state index contributed by atoms with van der Waals surface area (Å²) in [5.74, 6) is -0.0971. The number of ether oxygens (including phenoxy) is 1. The zero-order valence-electron chi connectivity index (χ0n) is 8.99. The fraction of sp³-hybridized carbons (Fsp3) is 0.364. The van der Waals surface area contributed by atoms with E-state index < -0.39 is 0 Å². The van der Waals surface area contributed by atoms with E-state index in [1.165, 1.54) is 0 Å². The Bertz CT molecular complexity index is 364. The summed E-state index contributed by atoms with van der Waals surface area (Å²) >= 11 is 0. The van der Waals surface area contributed by atoms with Crippen molar-refractivity contribution in [3.63, 3.8) is 0 Å². The van der Waals surface area contributed by atoms with Gasteiger partial charge in [0.2, 0.25) is 5.91 Å². The summed E-state index contributed by atoms with van der Waals surface area (Å²) in [5.41, 5.74) is 12.5. The molecular weight excluding hydrogens is 192 g/mol. The summed E-state index contributed by atoms with van der Waals surface area (Å²) in [6.45, 7) is 3.92. The highest BCUT2D eigenvalue weighted by atomic mass is 16.5. The van der Waals surface area contributed by atoms with E-state index in [0.29, 0.717) is 11.4 Å². The number of carbonyl (C=O) groups is 1. The SMILES string of the molecule is Cc1ccc(OCC(C)C(N)=O)c(N)c1. The van der Waals surface area contributed by atoms with E-state index in [9.17, 15) is 4.79 Å². The van der Waals surface area contributed by atoms with Crippen LogP contribution >= 0.6 is 0 Å². The smallest absolute Gasteiger partial charge is 0.223 e. The van der Waals surface area contributed by atoms with Crippen LogP contribution in [0.1, 0.15) is 12.5 Å². The summed E-state index contributed by atoms with van der Waals surface area (Å²) in [7, 11) is 0. The van der Waals surface area contributed by atoms with Crippen molar-refractivity contribution in [1.82, 2.24) is 0 Å². The van der Waals surface area contributed by atoms with Crippen molar-refractivity contribution in [3.8, 4) is 5.75 Å². The van der Waals surface area contributed by atoms with Gasteiger partial charge in [-0.05, 0) is 24.6 Å². The minimum Gasteiger partial charge on any atom is -0.491 e. The van der Waals surface area contributed by atoms with Crippen molar-refractivity contribution in [2.75, 3.05) is 12.3 Å². The van der Waals surface area contributed by atoms with Gasteiger partial charge in [-0.3, -0.25) is 4.79 Å². The summed E-state index contributed by atoms with van der Waals surface area (Å²) in [6, 6.07) is 5.52. The van der Waals surface area contributed by atoms with Crippen LogP contribution in [-0.2, 0) is 4.79 Å². The zero-order valence-corrected chi connectivity index (χ0v) is 8.99. The molecule has 0 fully saturated rings. The Kier molecular flexibility index (Phi) is 3.55. The van der Waals surface area contributed by atoms with Crippen molar-refractivity contribution in [3.05, 3.63) is 23.8 Å². The number of anilines is 1. The first-order chi connectivity index (χ1) is 7.00. The summed E-state index contributed by atoms with van der Waals surface area (Å²) in [4.78, 5) is 10.8. The van der Waals surface area contributed by atoms with Crippen LogP contribution in [-0.4, -0.2) is 12.5 Å². The molecule has 82 valence electrons. The number of hydrogen-bond acceptors (Lipinski definition) is 3. The molecular formula is C11H16N2O2. The minimum atomic E-state index is -0.374. The van der Waals surface area contributed by atoms with E-state index in [4.69, 9.17) is 16.2 Å². The van der Waals surface area contributed by atoms with Crippen molar-refractivity contribution in [1.29, 1.82) is 0 Å². The van der Waals surface area contributed by atoms with Crippen LogP contribution in [0.2, 0.25) is 0 Å². The Morgan fingerprint density at radius 3 is 2.73 bits per heavy atom. The Morgan fingerprint density at radius 2 is 2.20 bits per heavy atom. The molecule has 0 saturated heterocycles. The molecule has 1 aromatic rings. The molecule has 0 heterocycles. The molecule has 0 bridgehead atoms. The van der Waals surface area contributed by atoms with Crippen LogP contribution < -0.4 is 16.2 Å². The van der Waals surface area contributed by atoms with Gasteiger partial charge in [0, 0.05) is 0 Å². The zero-order chi connectivity index (χ0) is 11.4. The van der Waals surface area contributed by atoms with Crippen molar-refractivity contribution in [2.45, 2.75) is 13.8 Å². The predicted octanol–water partition coefficient (Wildman–Crippen LogP) is 1.08. The molecule has 15 heavy (non-hydrogen) atoms. The standard InChI is InChI=1S/C11H16N2O2/c1-7-3-4-10(9(12)5-7)15-6-8(2)11(13)14/h3-5,8H,6,12H2,1-2H3,(H2,13,14). The Morgan fingerprint density at radius 1 is 1.53 bits per heavy atom. The fourth-order valence-electron chi connectivity index (χ4n) is 1.10. The number of aryl methyl sites for hydroxylation is 1. The Balaban J connectivity index is 2.62. The van der Waals surface area contributed by atoms with Crippen LogP contribution in [0.5, 0.6) is 5.75 Å². The van der Waals surface area contributed by atoms with E-state index in [1.807, 2.05) is 19.1 Å². The molecule has 1 unspecified atom stereocenters. The van der Waals surface area contributed by atoms with Gasteiger partial charge in [-0.1, -0.05) is 13.0 Å². The van der Waals surface area contributed by atoms with E-state index in [-0.39, 0.29) is 18.4 Å². The number of amides is 1. The molecule has 0 aliphatic rings. The lowest BCUT2D eigenvalue weighted by atomic mass is 10.2. The Hall–Kier alpha value is -1.71. The molecule has 0 radical (unpaired) electrons. The van der Waals surface area contributed by atoms with Gasteiger partial charge in [0.25, 0.3) is 0 Å². The first kappa shape index (κ1) is 11.4. The molecule has 0 aromatic heterocycles. The molecule has 4 nitrogen and oxygen atoms in total. The highest BCUT2D eigenvalue weighted by Gasteiger charge is 2.10.